The third kappa shape index (κ3) is 3.91. The van der Waals surface area contributed by atoms with Crippen molar-refractivity contribution in [2.45, 2.75) is 0 Å². The minimum absolute atomic E-state index is 0.654. The molecule has 9 aromatic rings. The zero-order valence-corrected chi connectivity index (χ0v) is 24.9. The molecule has 0 atom stereocenters. The zero-order chi connectivity index (χ0) is 30.6. The van der Waals surface area contributed by atoms with Crippen LogP contribution in [0.2, 0.25) is 0 Å². The summed E-state index contributed by atoms with van der Waals surface area (Å²) < 4.78 is 4.69. The first kappa shape index (κ1) is 26.1. The number of aromatic nitrogens is 2. The lowest BCUT2D eigenvalue weighted by Crippen LogP contribution is -1.98. The Morgan fingerprint density at radius 1 is 0.370 bits per heavy atom. The Bertz CT molecular complexity index is 2560. The minimum Gasteiger partial charge on any atom is -0.309 e. The van der Waals surface area contributed by atoms with Gasteiger partial charge in [-0.1, -0.05) is 109 Å². The van der Waals surface area contributed by atoms with Crippen molar-refractivity contribution in [1.29, 1.82) is 5.26 Å². The first-order valence-corrected chi connectivity index (χ1v) is 15.5. The summed E-state index contributed by atoms with van der Waals surface area (Å²) in [6.07, 6.45) is 0. The maximum atomic E-state index is 10.2. The second kappa shape index (κ2) is 10.4. The second-order valence-corrected chi connectivity index (χ2v) is 11.7. The summed E-state index contributed by atoms with van der Waals surface area (Å²) in [5, 5.41) is 15.1. The van der Waals surface area contributed by atoms with Gasteiger partial charge in [-0.3, -0.25) is 0 Å². The van der Waals surface area contributed by atoms with E-state index in [-0.39, 0.29) is 0 Å². The standard InChI is InChI=1S/C43H27N3/c44-28-30-12-1-2-15-33(30)39-27-32(46-42-22-9-5-18-37(42)38-19-6-10-23-43(38)46)24-25-34(39)29-13-11-14-31(26-29)45-40-20-7-3-16-35(40)36-17-4-8-21-41(36)45/h1-27H. The topological polar surface area (TPSA) is 33.6 Å². The number of nitriles is 1. The van der Waals surface area contributed by atoms with E-state index in [9.17, 15) is 5.26 Å². The van der Waals surface area contributed by atoms with E-state index >= 15 is 0 Å². The molecule has 3 nitrogen and oxygen atoms in total. The van der Waals surface area contributed by atoms with Gasteiger partial charge in [-0.05, 0) is 71.3 Å². The number of hydrogen-bond acceptors (Lipinski definition) is 1. The molecule has 0 aliphatic heterocycles. The fourth-order valence-corrected chi connectivity index (χ4v) is 7.18. The van der Waals surface area contributed by atoms with Crippen molar-refractivity contribution >= 4 is 43.6 Å². The number of para-hydroxylation sites is 4. The van der Waals surface area contributed by atoms with Crippen molar-refractivity contribution < 1.29 is 0 Å². The molecule has 0 saturated carbocycles. The van der Waals surface area contributed by atoms with Gasteiger partial charge in [-0.15, -0.1) is 0 Å². The summed E-state index contributed by atoms with van der Waals surface area (Å²) in [5.41, 5.74) is 11.6. The molecule has 3 heteroatoms. The van der Waals surface area contributed by atoms with Crippen LogP contribution in [0.5, 0.6) is 0 Å². The fourth-order valence-electron chi connectivity index (χ4n) is 7.18. The second-order valence-electron chi connectivity index (χ2n) is 11.7. The monoisotopic (exact) mass is 585 g/mol. The highest BCUT2D eigenvalue weighted by molar-refractivity contribution is 6.10. The largest absolute Gasteiger partial charge is 0.309 e. The van der Waals surface area contributed by atoms with Crippen molar-refractivity contribution in [3.05, 3.63) is 169 Å². The van der Waals surface area contributed by atoms with Gasteiger partial charge in [0.2, 0.25) is 0 Å². The minimum atomic E-state index is 0.654. The van der Waals surface area contributed by atoms with Crippen LogP contribution in [0.25, 0.3) is 77.2 Å². The summed E-state index contributed by atoms with van der Waals surface area (Å²) in [5.74, 6) is 0. The first-order valence-electron chi connectivity index (χ1n) is 15.5. The molecule has 46 heavy (non-hydrogen) atoms. The Balaban J connectivity index is 1.30. The van der Waals surface area contributed by atoms with Gasteiger partial charge in [-0.25, -0.2) is 0 Å². The SMILES string of the molecule is N#Cc1ccccc1-c1cc(-n2c3ccccc3c3ccccc32)ccc1-c1cccc(-n2c3ccccc3c3ccccc32)c1. The summed E-state index contributed by atoms with van der Waals surface area (Å²) in [6, 6.07) is 60.1. The fraction of sp³-hybridized carbons (Fsp3) is 0. The Morgan fingerprint density at radius 3 is 1.39 bits per heavy atom. The molecule has 0 fully saturated rings. The van der Waals surface area contributed by atoms with E-state index in [0.717, 1.165) is 44.7 Å². The molecule has 0 radical (unpaired) electrons. The van der Waals surface area contributed by atoms with Crippen LogP contribution >= 0.6 is 0 Å². The van der Waals surface area contributed by atoms with Crippen LogP contribution in [-0.4, -0.2) is 9.13 Å². The first-order chi connectivity index (χ1) is 22.8. The predicted octanol–water partition coefficient (Wildman–Crippen LogP) is 11.1. The van der Waals surface area contributed by atoms with Crippen molar-refractivity contribution in [3.8, 4) is 39.7 Å². The molecular formula is C43H27N3. The molecule has 0 aliphatic carbocycles. The molecule has 0 aliphatic rings. The van der Waals surface area contributed by atoms with Crippen LogP contribution in [-0.2, 0) is 0 Å². The average Bonchev–Trinajstić information content (AvgIpc) is 3.65. The molecule has 9 rings (SSSR count). The number of hydrogen-bond donors (Lipinski definition) is 0. The van der Waals surface area contributed by atoms with Crippen LogP contribution in [0.1, 0.15) is 5.56 Å². The van der Waals surface area contributed by atoms with Gasteiger partial charge >= 0.3 is 0 Å². The molecule has 0 amide bonds. The molecule has 0 bridgehead atoms. The van der Waals surface area contributed by atoms with E-state index in [1.54, 1.807) is 0 Å². The summed E-state index contributed by atoms with van der Waals surface area (Å²) in [6.45, 7) is 0. The number of fused-ring (bicyclic) bond motifs is 6. The Labute approximate surface area is 266 Å². The maximum absolute atomic E-state index is 10.2. The summed E-state index contributed by atoms with van der Waals surface area (Å²) in [4.78, 5) is 0. The third-order valence-corrected chi connectivity index (χ3v) is 9.17. The van der Waals surface area contributed by atoms with Gasteiger partial charge in [-0.2, -0.15) is 5.26 Å². The van der Waals surface area contributed by atoms with Crippen LogP contribution in [0, 0.1) is 11.3 Å². The number of benzene rings is 7. The van der Waals surface area contributed by atoms with E-state index < -0.39 is 0 Å². The average molecular weight is 586 g/mol. The molecule has 0 unspecified atom stereocenters. The quantitative estimate of drug-likeness (QED) is 0.202. The van der Waals surface area contributed by atoms with Crippen LogP contribution < -0.4 is 0 Å². The van der Waals surface area contributed by atoms with Crippen molar-refractivity contribution in [2.24, 2.45) is 0 Å². The third-order valence-electron chi connectivity index (χ3n) is 9.17. The van der Waals surface area contributed by atoms with Crippen molar-refractivity contribution in [2.75, 3.05) is 0 Å². The van der Waals surface area contributed by atoms with Crippen molar-refractivity contribution in [1.82, 2.24) is 9.13 Å². The van der Waals surface area contributed by atoms with Gasteiger partial charge in [0.15, 0.2) is 0 Å². The van der Waals surface area contributed by atoms with E-state index in [1.807, 2.05) is 18.2 Å². The predicted molar refractivity (Wildman–Crippen MR) is 191 cm³/mol. The lowest BCUT2D eigenvalue weighted by molar-refractivity contribution is 1.18. The highest BCUT2D eigenvalue weighted by Gasteiger charge is 2.18. The van der Waals surface area contributed by atoms with Gasteiger partial charge in [0.1, 0.15) is 0 Å². The molecular weight excluding hydrogens is 558 g/mol. The molecule has 0 spiro atoms. The molecule has 0 saturated heterocycles. The smallest absolute Gasteiger partial charge is 0.0998 e. The lowest BCUT2D eigenvalue weighted by Gasteiger charge is -2.17. The van der Waals surface area contributed by atoms with Crippen LogP contribution in [0.15, 0.2) is 164 Å². The molecule has 7 aromatic carbocycles. The van der Waals surface area contributed by atoms with E-state index in [2.05, 4.69) is 161 Å². The molecule has 214 valence electrons. The van der Waals surface area contributed by atoms with E-state index in [4.69, 9.17) is 0 Å². The highest BCUT2D eigenvalue weighted by Crippen LogP contribution is 2.40. The number of nitrogens with zero attached hydrogens (tertiary/aromatic N) is 3. The van der Waals surface area contributed by atoms with E-state index in [1.165, 1.54) is 32.6 Å². The van der Waals surface area contributed by atoms with Gasteiger partial charge in [0, 0.05) is 38.5 Å². The van der Waals surface area contributed by atoms with Crippen LogP contribution in [0.3, 0.4) is 0 Å². The normalized spacial score (nSPS) is 11.5. The summed E-state index contributed by atoms with van der Waals surface area (Å²) >= 11 is 0. The maximum Gasteiger partial charge on any atom is 0.0998 e. The van der Waals surface area contributed by atoms with Gasteiger partial charge in [0.05, 0.1) is 33.7 Å². The zero-order valence-electron chi connectivity index (χ0n) is 24.9. The molecule has 2 heterocycles. The number of rotatable bonds is 4. The van der Waals surface area contributed by atoms with Crippen molar-refractivity contribution in [3.63, 3.8) is 0 Å². The molecule has 2 aromatic heterocycles. The Hall–Kier alpha value is -6.37. The van der Waals surface area contributed by atoms with Gasteiger partial charge < -0.3 is 9.13 Å². The molecule has 0 N–H and O–H groups in total. The lowest BCUT2D eigenvalue weighted by atomic mass is 9.91. The van der Waals surface area contributed by atoms with Gasteiger partial charge in [0.25, 0.3) is 0 Å². The van der Waals surface area contributed by atoms with Crippen LogP contribution in [0.4, 0.5) is 0 Å². The Morgan fingerprint density at radius 2 is 0.848 bits per heavy atom. The van der Waals surface area contributed by atoms with E-state index in [0.29, 0.717) is 5.56 Å². The highest BCUT2D eigenvalue weighted by atomic mass is 15.0. The Kier molecular flexibility index (Phi) is 5.88. The summed E-state index contributed by atoms with van der Waals surface area (Å²) in [7, 11) is 0.